The molecule has 8 aromatic carbocycles. The molecule has 0 unspecified atom stereocenters. The van der Waals surface area contributed by atoms with Crippen molar-refractivity contribution in [1.82, 2.24) is 9.55 Å². The van der Waals surface area contributed by atoms with Gasteiger partial charge in [-0.3, -0.25) is 0 Å². The van der Waals surface area contributed by atoms with Gasteiger partial charge in [-0.15, -0.1) is 33.7 Å². The topological polar surface area (TPSA) is 37.1 Å². The van der Waals surface area contributed by atoms with Crippen molar-refractivity contribution >= 4 is 44.6 Å². The molecule has 2 aliphatic rings. The zero-order valence-corrected chi connectivity index (χ0v) is 34.5. The maximum atomic E-state index is 5.20. The van der Waals surface area contributed by atoms with E-state index in [2.05, 4.69) is 199 Å². The van der Waals surface area contributed by atoms with Crippen molar-refractivity contribution < 1.29 is 26.0 Å². The van der Waals surface area contributed by atoms with E-state index in [4.69, 9.17) is 9.92 Å². The molecule has 0 atom stereocenters. The summed E-state index contributed by atoms with van der Waals surface area (Å²) in [6, 6.07) is 78.8. The molecule has 5 nitrogen and oxygen atoms in total. The van der Waals surface area contributed by atoms with Crippen molar-refractivity contribution in [2.24, 2.45) is 0 Å². The first kappa shape index (κ1) is 36.1. The third-order valence-corrected chi connectivity index (χ3v) is 12.0. The van der Waals surface area contributed by atoms with Crippen LogP contribution in [0.3, 0.4) is 0 Å². The minimum absolute atomic E-state index is 0. The van der Waals surface area contributed by atoms with Gasteiger partial charge < -0.3 is 4.57 Å². The van der Waals surface area contributed by atoms with Crippen LogP contribution in [0, 0.1) is 12.1 Å². The fraction of sp³-hybridized carbons (Fsp3) is 0.0185. The zero-order valence-electron chi connectivity index (χ0n) is 32.2. The van der Waals surface area contributed by atoms with Crippen molar-refractivity contribution in [1.29, 1.82) is 0 Å². The van der Waals surface area contributed by atoms with Crippen molar-refractivity contribution in [3.63, 3.8) is 0 Å². The first-order chi connectivity index (χ1) is 29.3. The Hall–Kier alpha value is -7.04. The summed E-state index contributed by atoms with van der Waals surface area (Å²) in [6.07, 6.45) is 1.91. The molecule has 10 aromatic rings. The number of anilines is 4. The maximum absolute atomic E-state index is 5.20. The molecular formula is C54H35N4OPt-. The molecule has 1 N–H and O–H groups in total. The Morgan fingerprint density at radius 2 is 1.12 bits per heavy atom. The minimum atomic E-state index is -0.754. The average molecular weight is 951 g/mol. The van der Waals surface area contributed by atoms with Gasteiger partial charge in [0.2, 0.25) is 0 Å². The number of fused-ring (bicyclic) bond motifs is 7. The summed E-state index contributed by atoms with van der Waals surface area (Å²) < 4.78 is 2.28. The minimum Gasteiger partial charge on any atom is -0.319 e. The van der Waals surface area contributed by atoms with Gasteiger partial charge in [-0.1, -0.05) is 138 Å². The van der Waals surface area contributed by atoms with E-state index < -0.39 is 5.41 Å². The van der Waals surface area contributed by atoms with Crippen molar-refractivity contribution in [3.05, 3.63) is 241 Å². The number of hydrogen-bond donors (Lipinski definition) is 0. The molecule has 0 amide bonds. The summed E-state index contributed by atoms with van der Waals surface area (Å²) in [4.78, 5) is 10.2. The van der Waals surface area contributed by atoms with Crippen LogP contribution in [-0.2, 0) is 26.5 Å². The SMILES string of the molecule is [Pt].[c-]1c(N2[OH+]N(c3ccccc3)c3ccccc32)cccc1C1(c2[c-]c3c(cc2)c2ccccc2n3-c2cc(-c3ccccc3)ccn2)c2ccccc2-c2ccccc21. The fourth-order valence-corrected chi connectivity index (χ4v) is 9.41. The molecule has 0 fully saturated rings. The zero-order chi connectivity index (χ0) is 38.9. The number of aromatic nitrogens is 2. The van der Waals surface area contributed by atoms with Gasteiger partial charge in [-0.05, 0) is 81.2 Å². The van der Waals surface area contributed by atoms with Gasteiger partial charge in [0, 0.05) is 43.9 Å². The monoisotopic (exact) mass is 950 g/mol. The van der Waals surface area contributed by atoms with Crippen LogP contribution in [0.4, 0.5) is 22.7 Å². The van der Waals surface area contributed by atoms with E-state index in [-0.39, 0.29) is 21.1 Å². The molecule has 0 saturated heterocycles. The second-order valence-corrected chi connectivity index (χ2v) is 15.1. The second-order valence-electron chi connectivity index (χ2n) is 15.1. The Morgan fingerprint density at radius 1 is 0.483 bits per heavy atom. The molecule has 288 valence electrons. The summed E-state index contributed by atoms with van der Waals surface area (Å²) in [5.41, 5.74) is 14.3. The van der Waals surface area contributed by atoms with Crippen LogP contribution in [0.5, 0.6) is 0 Å². The van der Waals surface area contributed by atoms with Crippen LogP contribution >= 0.6 is 0 Å². The third kappa shape index (κ3) is 5.37. The molecule has 1 aliphatic heterocycles. The van der Waals surface area contributed by atoms with Gasteiger partial charge in [0.15, 0.2) is 0 Å². The van der Waals surface area contributed by atoms with Gasteiger partial charge in [0.25, 0.3) is 0 Å². The van der Waals surface area contributed by atoms with Crippen LogP contribution in [0.2, 0.25) is 0 Å². The Bertz CT molecular complexity index is 3190. The second kappa shape index (κ2) is 14.4. The maximum Gasteiger partial charge on any atom is 0.148 e. The Morgan fingerprint density at radius 3 is 1.88 bits per heavy atom. The van der Waals surface area contributed by atoms with Gasteiger partial charge in [0.05, 0.1) is 0 Å². The molecular weight excluding hydrogens is 916 g/mol. The molecule has 0 saturated carbocycles. The summed E-state index contributed by atoms with van der Waals surface area (Å²) in [7, 11) is 0. The van der Waals surface area contributed by atoms with Gasteiger partial charge in [-0.2, -0.15) is 35.3 Å². The summed E-state index contributed by atoms with van der Waals surface area (Å²) in [6.45, 7) is 0. The largest absolute Gasteiger partial charge is 0.319 e. The van der Waals surface area contributed by atoms with Crippen molar-refractivity contribution in [3.8, 4) is 28.1 Å². The number of nitrogens with zero attached hydrogens (tertiary/aromatic N) is 4. The summed E-state index contributed by atoms with van der Waals surface area (Å²) in [5, 5.41) is 6.30. The molecule has 3 heterocycles. The molecule has 0 radical (unpaired) electrons. The number of para-hydroxylation sites is 4. The number of benzene rings is 8. The average Bonchev–Trinajstić information content (AvgIpc) is 3.97. The molecule has 60 heavy (non-hydrogen) atoms. The first-order valence-corrected chi connectivity index (χ1v) is 19.9. The van der Waals surface area contributed by atoms with E-state index in [9.17, 15) is 0 Å². The van der Waals surface area contributed by atoms with E-state index in [1.807, 2.05) is 34.5 Å². The molecule has 2 aromatic heterocycles. The van der Waals surface area contributed by atoms with Crippen molar-refractivity contribution in [2.75, 3.05) is 10.1 Å². The quantitative estimate of drug-likeness (QED) is 0.123. The summed E-state index contributed by atoms with van der Waals surface area (Å²) >= 11 is 0. The Balaban J connectivity index is 0.00000408. The van der Waals surface area contributed by atoms with Gasteiger partial charge in [0.1, 0.15) is 22.9 Å². The van der Waals surface area contributed by atoms with Crippen LogP contribution < -0.4 is 10.1 Å². The van der Waals surface area contributed by atoms with Crippen LogP contribution in [-0.4, -0.2) is 14.5 Å². The Labute approximate surface area is 362 Å². The molecule has 1 aliphatic carbocycles. The van der Waals surface area contributed by atoms with E-state index >= 15 is 0 Å². The van der Waals surface area contributed by atoms with Gasteiger partial charge in [-0.25, -0.2) is 4.98 Å². The van der Waals surface area contributed by atoms with E-state index in [1.54, 1.807) is 0 Å². The molecule has 0 bridgehead atoms. The number of pyridine rings is 1. The van der Waals surface area contributed by atoms with Crippen LogP contribution in [0.25, 0.3) is 49.9 Å². The predicted molar refractivity (Wildman–Crippen MR) is 238 cm³/mol. The number of hydrogen-bond acceptors (Lipinski definition) is 3. The summed E-state index contributed by atoms with van der Waals surface area (Å²) in [5.74, 6) is 0.845. The molecule has 12 rings (SSSR count). The van der Waals surface area contributed by atoms with Crippen LogP contribution in [0.1, 0.15) is 22.3 Å². The standard InChI is InChI=1S/C54H34N4O.Pt/c1-3-16-37(17-4-1)38-32-33-55-53(34-38)56-49-27-12-9-24-45(49)46-31-30-40(36-52(46)56)54(47-25-10-7-22-43(47)44-23-8-11-26-48(44)54)39-18-15-21-42(35-39)58-51-29-14-13-28-50(51)57(59-58)41-19-5-2-6-20-41;/h1-34H;/q-2;/p+1. The van der Waals surface area contributed by atoms with E-state index in [0.717, 1.165) is 72.6 Å². The third-order valence-electron chi connectivity index (χ3n) is 12.0. The fourth-order valence-electron chi connectivity index (χ4n) is 9.41. The molecule has 0 spiro atoms. The Kier molecular flexibility index (Phi) is 8.63. The predicted octanol–water partition coefficient (Wildman–Crippen LogP) is 12.9. The molecule has 6 heteroatoms. The normalized spacial score (nSPS) is 13.5. The smallest absolute Gasteiger partial charge is 0.148 e. The van der Waals surface area contributed by atoms with Crippen LogP contribution in [0.15, 0.2) is 206 Å². The first-order valence-electron chi connectivity index (χ1n) is 19.9. The van der Waals surface area contributed by atoms with Crippen molar-refractivity contribution in [2.45, 2.75) is 5.41 Å². The van der Waals surface area contributed by atoms with E-state index in [0.29, 0.717) is 0 Å². The number of rotatable bonds is 6. The van der Waals surface area contributed by atoms with Gasteiger partial charge >= 0.3 is 0 Å². The van der Waals surface area contributed by atoms with E-state index in [1.165, 1.54) is 22.3 Å².